The van der Waals surface area contributed by atoms with Gasteiger partial charge in [0.25, 0.3) is 5.91 Å². The number of nitrogens with one attached hydrogen (secondary N) is 2. The van der Waals surface area contributed by atoms with Crippen LogP contribution in [0.4, 0.5) is 0 Å². The zero-order chi connectivity index (χ0) is 28.6. The summed E-state index contributed by atoms with van der Waals surface area (Å²) in [4.78, 5) is 31.6. The second-order valence-electron chi connectivity index (χ2n) is 11.6. The lowest BCUT2D eigenvalue weighted by molar-refractivity contribution is -0.133. The van der Waals surface area contributed by atoms with Crippen molar-refractivity contribution in [2.45, 2.75) is 63.5 Å². The van der Waals surface area contributed by atoms with Crippen molar-refractivity contribution in [3.8, 4) is 0 Å². The lowest BCUT2D eigenvalue weighted by Gasteiger charge is -2.31. The number of benzene rings is 3. The number of halogens is 1. The summed E-state index contributed by atoms with van der Waals surface area (Å²) < 4.78 is 0. The summed E-state index contributed by atoms with van der Waals surface area (Å²) in [6.45, 7) is 7.25. The van der Waals surface area contributed by atoms with Crippen LogP contribution < -0.4 is 10.6 Å². The average Bonchev–Trinajstić information content (AvgIpc) is 3.16. The number of rotatable bonds is 10. The number of carbonyl (C=O) groups is 2. The lowest BCUT2D eigenvalue weighted by Crippen LogP contribution is -2.50. The Morgan fingerprint density at radius 3 is 2.54 bits per heavy atom. The third-order valence-corrected chi connectivity index (χ3v) is 8.99. The van der Waals surface area contributed by atoms with Crippen LogP contribution in [0.25, 0.3) is 10.8 Å². The molecule has 2 heterocycles. The van der Waals surface area contributed by atoms with Crippen molar-refractivity contribution >= 4 is 34.2 Å². The smallest absolute Gasteiger partial charge is 0.251 e. The Morgan fingerprint density at radius 2 is 1.76 bits per heavy atom. The molecule has 2 fully saturated rings. The molecule has 3 aromatic carbocycles. The van der Waals surface area contributed by atoms with E-state index in [1.165, 1.54) is 24.8 Å². The third kappa shape index (κ3) is 7.88. The van der Waals surface area contributed by atoms with E-state index in [2.05, 4.69) is 51.6 Å². The summed E-state index contributed by atoms with van der Waals surface area (Å²) in [5.41, 5.74) is 1.91. The van der Waals surface area contributed by atoms with Gasteiger partial charge >= 0.3 is 0 Å². The Kier molecular flexibility index (Phi) is 10.3. The van der Waals surface area contributed by atoms with E-state index in [4.69, 9.17) is 11.6 Å². The van der Waals surface area contributed by atoms with Crippen molar-refractivity contribution in [2.24, 2.45) is 0 Å². The summed E-state index contributed by atoms with van der Waals surface area (Å²) in [5, 5.41) is 9.48. The van der Waals surface area contributed by atoms with Crippen molar-refractivity contribution in [3.63, 3.8) is 0 Å². The van der Waals surface area contributed by atoms with Crippen LogP contribution in [0.5, 0.6) is 0 Å². The molecule has 2 N–H and O–H groups in total. The molecule has 0 bridgehead atoms. The van der Waals surface area contributed by atoms with Gasteiger partial charge in [-0.2, -0.15) is 0 Å². The topological polar surface area (TPSA) is 64.7 Å². The minimum absolute atomic E-state index is 0.0234. The second kappa shape index (κ2) is 14.3. The third-order valence-electron chi connectivity index (χ3n) is 8.75. The van der Waals surface area contributed by atoms with E-state index < -0.39 is 0 Å². The second-order valence-corrected chi connectivity index (χ2v) is 12.0. The van der Waals surface area contributed by atoms with Gasteiger partial charge in [0.05, 0.1) is 6.04 Å². The maximum atomic E-state index is 13.9. The van der Waals surface area contributed by atoms with Gasteiger partial charge in [-0.1, -0.05) is 67.4 Å². The van der Waals surface area contributed by atoms with E-state index in [9.17, 15) is 9.59 Å². The number of likely N-dealkylation sites (tertiary alicyclic amines) is 1. The average molecular weight is 575 g/mol. The lowest BCUT2D eigenvalue weighted by atomic mass is 9.95. The van der Waals surface area contributed by atoms with E-state index in [-0.39, 0.29) is 23.9 Å². The first-order chi connectivity index (χ1) is 20.0. The molecule has 7 heteroatoms. The van der Waals surface area contributed by atoms with Gasteiger partial charge in [0, 0.05) is 48.7 Å². The molecule has 2 amide bonds. The molecule has 3 unspecified atom stereocenters. The van der Waals surface area contributed by atoms with E-state index in [0.29, 0.717) is 29.6 Å². The van der Waals surface area contributed by atoms with Gasteiger partial charge < -0.3 is 20.4 Å². The first kappa shape index (κ1) is 29.6. The Bertz CT molecular complexity index is 1310. The highest BCUT2D eigenvalue weighted by molar-refractivity contribution is 6.31. The van der Waals surface area contributed by atoms with Crippen LogP contribution in [-0.4, -0.2) is 73.0 Å². The van der Waals surface area contributed by atoms with Gasteiger partial charge in [0.2, 0.25) is 5.91 Å². The molecule has 218 valence electrons. The predicted molar refractivity (Wildman–Crippen MR) is 168 cm³/mol. The zero-order valence-corrected chi connectivity index (χ0v) is 24.9. The van der Waals surface area contributed by atoms with Crippen molar-refractivity contribution < 1.29 is 9.59 Å². The molecule has 2 aliphatic rings. The van der Waals surface area contributed by atoms with Gasteiger partial charge in [-0.05, 0) is 85.8 Å². The Hall–Kier alpha value is -2.93. The zero-order valence-electron chi connectivity index (χ0n) is 24.2. The van der Waals surface area contributed by atoms with Crippen LogP contribution in [0.2, 0.25) is 5.02 Å². The fraction of sp³-hybridized carbons (Fsp3) is 0.471. The van der Waals surface area contributed by atoms with Crippen molar-refractivity contribution in [2.75, 3.05) is 39.3 Å². The number of hydrogen-bond acceptors (Lipinski definition) is 4. The standard InChI is InChI=1S/C34H43ClN4O2/c1-2-25(26-9-5-3-6-10-26)24-39-20-15-31(37-32(34(39)41)16-19-38-17-7-4-8-18-38)23-36-33(40)29-12-11-28-22-30(35)14-13-27(28)21-29/h3,5-6,9-14,21-22,25,31-32,37H,2,4,7-8,15-20,23-24H2,1H3,(H,36,40). The minimum atomic E-state index is -0.250. The first-order valence-corrected chi connectivity index (χ1v) is 15.7. The van der Waals surface area contributed by atoms with E-state index in [1.807, 2.05) is 42.5 Å². The van der Waals surface area contributed by atoms with Crippen molar-refractivity contribution in [1.82, 2.24) is 20.4 Å². The normalized spacial score (nSPS) is 21.0. The number of hydrogen-bond donors (Lipinski definition) is 2. The van der Waals surface area contributed by atoms with Crippen LogP contribution in [0.3, 0.4) is 0 Å². The summed E-state index contributed by atoms with van der Waals surface area (Å²) in [7, 11) is 0. The van der Waals surface area contributed by atoms with E-state index in [0.717, 1.165) is 56.2 Å². The molecule has 6 nitrogen and oxygen atoms in total. The fourth-order valence-corrected chi connectivity index (χ4v) is 6.44. The molecular formula is C34H43ClN4O2. The number of fused-ring (bicyclic) bond motifs is 1. The molecule has 2 aliphatic heterocycles. The summed E-state index contributed by atoms with van der Waals surface area (Å²) in [5.74, 6) is 0.399. The quantitative estimate of drug-likeness (QED) is 0.319. The molecule has 3 aromatic rings. The largest absolute Gasteiger partial charge is 0.350 e. The van der Waals surface area contributed by atoms with Crippen LogP contribution in [-0.2, 0) is 4.79 Å². The minimum Gasteiger partial charge on any atom is -0.350 e. The van der Waals surface area contributed by atoms with Crippen LogP contribution >= 0.6 is 11.6 Å². The monoisotopic (exact) mass is 574 g/mol. The first-order valence-electron chi connectivity index (χ1n) is 15.3. The molecule has 41 heavy (non-hydrogen) atoms. The highest BCUT2D eigenvalue weighted by Gasteiger charge is 2.32. The Morgan fingerprint density at radius 1 is 1.00 bits per heavy atom. The molecule has 5 rings (SSSR count). The number of piperidine rings is 1. The SMILES string of the molecule is CCC(CN1CCC(CNC(=O)c2ccc3cc(Cl)ccc3c2)NC(CCN2CCCCC2)C1=O)c1ccccc1. The van der Waals surface area contributed by atoms with E-state index >= 15 is 0 Å². The molecule has 2 saturated heterocycles. The van der Waals surface area contributed by atoms with Crippen LogP contribution in [0.1, 0.15) is 67.3 Å². The highest BCUT2D eigenvalue weighted by Crippen LogP contribution is 2.24. The molecule has 0 aromatic heterocycles. The Labute approximate surface area is 249 Å². The molecule has 0 spiro atoms. The molecule has 3 atom stereocenters. The van der Waals surface area contributed by atoms with E-state index in [1.54, 1.807) is 0 Å². The maximum absolute atomic E-state index is 13.9. The van der Waals surface area contributed by atoms with Gasteiger partial charge in [-0.15, -0.1) is 0 Å². The maximum Gasteiger partial charge on any atom is 0.251 e. The van der Waals surface area contributed by atoms with Crippen molar-refractivity contribution in [3.05, 3.63) is 82.9 Å². The fourth-order valence-electron chi connectivity index (χ4n) is 6.26. The molecule has 0 aliphatic carbocycles. The Balaban J connectivity index is 1.26. The highest BCUT2D eigenvalue weighted by atomic mass is 35.5. The predicted octanol–water partition coefficient (Wildman–Crippen LogP) is 5.85. The van der Waals surface area contributed by atoms with Gasteiger partial charge in [-0.3, -0.25) is 9.59 Å². The summed E-state index contributed by atoms with van der Waals surface area (Å²) in [6, 6.07) is 21.7. The molecule has 0 saturated carbocycles. The summed E-state index contributed by atoms with van der Waals surface area (Å²) >= 11 is 6.12. The number of carbonyl (C=O) groups excluding carboxylic acids is 2. The van der Waals surface area contributed by atoms with Gasteiger partial charge in [-0.25, -0.2) is 0 Å². The van der Waals surface area contributed by atoms with Gasteiger partial charge in [0.1, 0.15) is 0 Å². The van der Waals surface area contributed by atoms with Crippen molar-refractivity contribution in [1.29, 1.82) is 0 Å². The van der Waals surface area contributed by atoms with Crippen LogP contribution in [0.15, 0.2) is 66.7 Å². The number of amides is 2. The molecule has 0 radical (unpaired) electrons. The van der Waals surface area contributed by atoms with Gasteiger partial charge in [0.15, 0.2) is 0 Å². The summed E-state index contributed by atoms with van der Waals surface area (Å²) in [6.07, 6.45) is 6.35. The van der Waals surface area contributed by atoms with Crippen LogP contribution in [0, 0.1) is 0 Å². The number of nitrogens with zero attached hydrogens (tertiary/aromatic N) is 2. The molecular weight excluding hydrogens is 532 g/mol.